The Morgan fingerprint density at radius 3 is 2.60 bits per heavy atom. The molecule has 0 fully saturated rings. The summed E-state index contributed by atoms with van der Waals surface area (Å²) in [5.74, 6) is 1.03. The average molecular weight is 444 g/mol. The Balaban J connectivity index is 1.77. The number of halogens is 1. The normalized spacial score (nSPS) is 12.2. The van der Waals surface area contributed by atoms with Gasteiger partial charge in [-0.05, 0) is 44.3 Å². The molecule has 0 aliphatic rings. The summed E-state index contributed by atoms with van der Waals surface area (Å²) < 4.78 is 2.11. The van der Waals surface area contributed by atoms with Crippen LogP contribution in [0.15, 0.2) is 59.8 Å². The second-order valence-corrected chi connectivity index (χ2v) is 8.53. The number of carbonyl (C=O) groups excluding carboxylic acids is 1. The highest BCUT2D eigenvalue weighted by Gasteiger charge is 2.22. The molecule has 1 heterocycles. The van der Waals surface area contributed by atoms with Gasteiger partial charge in [-0.25, -0.2) is 0 Å². The predicted octanol–water partition coefficient (Wildman–Crippen LogP) is 4.72. The molecule has 3 aromatic rings. The molecule has 1 amide bonds. The molecule has 1 aromatic heterocycles. The quantitative estimate of drug-likeness (QED) is 0.484. The summed E-state index contributed by atoms with van der Waals surface area (Å²) in [5.41, 5.74) is 1.84. The summed E-state index contributed by atoms with van der Waals surface area (Å²) in [5, 5.41) is 13.1. The maximum Gasteiger partial charge on any atom is 0.234 e. The predicted molar refractivity (Wildman–Crippen MR) is 123 cm³/mol. The standard InChI is InChI=1S/C22H26ClN5OS/c1-4-19(27(2)3)21-25-26-22(28(21)14-16-9-6-5-7-10-16)30-15-20(29)24-18-12-8-11-17(23)13-18/h5-13,19H,4,14-15H2,1-3H3,(H,24,29). The number of benzene rings is 2. The minimum absolute atomic E-state index is 0.113. The number of amides is 1. The van der Waals surface area contributed by atoms with Crippen LogP contribution in [0.4, 0.5) is 5.69 Å². The third kappa shape index (κ3) is 5.84. The van der Waals surface area contributed by atoms with Gasteiger partial charge in [0.15, 0.2) is 11.0 Å². The van der Waals surface area contributed by atoms with Gasteiger partial charge in [-0.1, -0.05) is 66.7 Å². The summed E-state index contributed by atoms with van der Waals surface area (Å²) in [4.78, 5) is 14.6. The molecule has 0 aliphatic carbocycles. The molecule has 1 N–H and O–H groups in total. The summed E-state index contributed by atoms with van der Waals surface area (Å²) in [6.07, 6.45) is 0.917. The van der Waals surface area contributed by atoms with Crippen LogP contribution in [-0.2, 0) is 11.3 Å². The van der Waals surface area contributed by atoms with Crippen LogP contribution in [0, 0.1) is 0 Å². The summed E-state index contributed by atoms with van der Waals surface area (Å²) in [7, 11) is 4.09. The molecular formula is C22H26ClN5OS. The molecule has 8 heteroatoms. The van der Waals surface area contributed by atoms with Crippen LogP contribution in [0.2, 0.25) is 5.02 Å². The molecule has 158 valence electrons. The third-order valence-corrected chi connectivity index (χ3v) is 5.88. The number of aromatic nitrogens is 3. The maximum absolute atomic E-state index is 12.4. The molecule has 0 spiro atoms. The fraction of sp³-hybridized carbons (Fsp3) is 0.318. The lowest BCUT2D eigenvalue weighted by Gasteiger charge is -2.23. The van der Waals surface area contributed by atoms with Crippen molar-refractivity contribution in [2.75, 3.05) is 25.2 Å². The molecule has 0 saturated heterocycles. The number of nitrogens with zero attached hydrogens (tertiary/aromatic N) is 4. The van der Waals surface area contributed by atoms with Gasteiger partial charge in [0, 0.05) is 10.7 Å². The number of hydrogen-bond donors (Lipinski definition) is 1. The number of hydrogen-bond acceptors (Lipinski definition) is 5. The highest BCUT2D eigenvalue weighted by Crippen LogP contribution is 2.26. The average Bonchev–Trinajstić information content (AvgIpc) is 3.10. The lowest BCUT2D eigenvalue weighted by Crippen LogP contribution is -2.23. The van der Waals surface area contributed by atoms with Crippen molar-refractivity contribution in [3.8, 4) is 0 Å². The van der Waals surface area contributed by atoms with E-state index in [1.165, 1.54) is 11.8 Å². The summed E-state index contributed by atoms with van der Waals surface area (Å²) >= 11 is 7.37. The van der Waals surface area contributed by atoms with Crippen LogP contribution < -0.4 is 5.32 Å². The van der Waals surface area contributed by atoms with Gasteiger partial charge in [-0.3, -0.25) is 9.69 Å². The zero-order valence-electron chi connectivity index (χ0n) is 17.4. The van der Waals surface area contributed by atoms with Crippen LogP contribution in [0.25, 0.3) is 0 Å². The Morgan fingerprint density at radius 1 is 1.17 bits per heavy atom. The molecular weight excluding hydrogens is 418 g/mol. The fourth-order valence-electron chi connectivity index (χ4n) is 3.24. The molecule has 2 aromatic carbocycles. The molecule has 0 aliphatic heterocycles. The first-order valence-electron chi connectivity index (χ1n) is 9.79. The van der Waals surface area contributed by atoms with Crippen molar-refractivity contribution in [3.63, 3.8) is 0 Å². The lowest BCUT2D eigenvalue weighted by molar-refractivity contribution is -0.113. The van der Waals surface area contributed by atoms with Gasteiger partial charge in [0.25, 0.3) is 0 Å². The van der Waals surface area contributed by atoms with Crippen LogP contribution in [0.1, 0.15) is 30.8 Å². The Labute approximate surface area is 186 Å². The number of thioether (sulfide) groups is 1. The van der Waals surface area contributed by atoms with Crippen molar-refractivity contribution < 1.29 is 4.79 Å². The van der Waals surface area contributed by atoms with Crippen molar-refractivity contribution in [3.05, 3.63) is 71.0 Å². The van der Waals surface area contributed by atoms with E-state index in [2.05, 4.69) is 44.0 Å². The number of carbonyl (C=O) groups is 1. The molecule has 1 unspecified atom stereocenters. The van der Waals surface area contributed by atoms with Crippen LogP contribution >= 0.6 is 23.4 Å². The second-order valence-electron chi connectivity index (χ2n) is 7.15. The minimum Gasteiger partial charge on any atom is -0.325 e. The van der Waals surface area contributed by atoms with Crippen molar-refractivity contribution >= 4 is 35.0 Å². The lowest BCUT2D eigenvalue weighted by atomic mass is 10.2. The zero-order chi connectivity index (χ0) is 21.5. The molecule has 3 rings (SSSR count). The fourth-order valence-corrected chi connectivity index (χ4v) is 4.18. The van der Waals surface area contributed by atoms with E-state index in [0.29, 0.717) is 17.3 Å². The van der Waals surface area contributed by atoms with Gasteiger partial charge >= 0.3 is 0 Å². The number of nitrogens with one attached hydrogen (secondary N) is 1. The van der Waals surface area contributed by atoms with Crippen molar-refractivity contribution in [2.45, 2.75) is 31.1 Å². The Kier molecular flexibility index (Phi) is 7.90. The monoisotopic (exact) mass is 443 g/mol. The first-order chi connectivity index (χ1) is 14.5. The highest BCUT2D eigenvalue weighted by atomic mass is 35.5. The summed E-state index contributed by atoms with van der Waals surface area (Å²) in [6, 6.07) is 17.5. The van der Waals surface area contributed by atoms with Crippen LogP contribution in [-0.4, -0.2) is 45.4 Å². The molecule has 6 nitrogen and oxygen atoms in total. The van der Waals surface area contributed by atoms with Gasteiger partial charge < -0.3 is 9.88 Å². The van der Waals surface area contributed by atoms with E-state index in [4.69, 9.17) is 11.6 Å². The number of anilines is 1. The van der Waals surface area contributed by atoms with Crippen molar-refractivity contribution in [2.24, 2.45) is 0 Å². The van der Waals surface area contributed by atoms with Crippen molar-refractivity contribution in [1.29, 1.82) is 0 Å². The Morgan fingerprint density at radius 2 is 1.93 bits per heavy atom. The van der Waals surface area contributed by atoms with E-state index in [1.807, 2.05) is 38.4 Å². The van der Waals surface area contributed by atoms with E-state index in [1.54, 1.807) is 18.2 Å². The molecule has 30 heavy (non-hydrogen) atoms. The molecule has 1 atom stereocenters. The first kappa shape index (κ1) is 22.3. The van der Waals surface area contributed by atoms with E-state index in [-0.39, 0.29) is 17.7 Å². The SMILES string of the molecule is CCC(c1nnc(SCC(=O)Nc2cccc(Cl)c2)n1Cc1ccccc1)N(C)C. The summed E-state index contributed by atoms with van der Waals surface area (Å²) in [6.45, 7) is 2.79. The van der Waals surface area contributed by atoms with Crippen molar-refractivity contribution in [1.82, 2.24) is 19.7 Å². The van der Waals surface area contributed by atoms with Gasteiger partial charge in [0.2, 0.25) is 5.91 Å². The Bertz CT molecular complexity index is 977. The van der Waals surface area contributed by atoms with E-state index >= 15 is 0 Å². The largest absolute Gasteiger partial charge is 0.325 e. The minimum atomic E-state index is -0.113. The van der Waals surface area contributed by atoms with Gasteiger partial charge in [0.05, 0.1) is 18.3 Å². The smallest absolute Gasteiger partial charge is 0.234 e. The second kappa shape index (κ2) is 10.6. The zero-order valence-corrected chi connectivity index (χ0v) is 19.0. The van der Waals surface area contributed by atoms with Gasteiger partial charge in [-0.2, -0.15) is 0 Å². The van der Waals surface area contributed by atoms with E-state index in [9.17, 15) is 4.79 Å². The van der Waals surface area contributed by atoms with Gasteiger partial charge in [0.1, 0.15) is 0 Å². The maximum atomic E-state index is 12.4. The number of rotatable bonds is 9. The highest BCUT2D eigenvalue weighted by molar-refractivity contribution is 7.99. The molecule has 0 saturated carbocycles. The Hall–Kier alpha value is -2.35. The molecule has 0 radical (unpaired) electrons. The molecule has 0 bridgehead atoms. The first-order valence-corrected chi connectivity index (χ1v) is 11.2. The van der Waals surface area contributed by atoms with Crippen LogP contribution in [0.5, 0.6) is 0 Å². The van der Waals surface area contributed by atoms with Gasteiger partial charge in [-0.15, -0.1) is 10.2 Å². The van der Waals surface area contributed by atoms with E-state index in [0.717, 1.165) is 23.0 Å². The third-order valence-electron chi connectivity index (χ3n) is 4.68. The van der Waals surface area contributed by atoms with E-state index < -0.39 is 0 Å². The topological polar surface area (TPSA) is 63.1 Å². The van der Waals surface area contributed by atoms with Crippen LogP contribution in [0.3, 0.4) is 0 Å².